The maximum absolute atomic E-state index is 8.83. The zero-order chi connectivity index (χ0) is 25.9. The van der Waals surface area contributed by atoms with Crippen LogP contribution in [0.4, 0.5) is 0 Å². The van der Waals surface area contributed by atoms with E-state index in [1.165, 1.54) is 0 Å². The molecule has 0 saturated carbocycles. The lowest BCUT2D eigenvalue weighted by molar-refractivity contribution is 0.182. The van der Waals surface area contributed by atoms with Gasteiger partial charge in [-0.2, -0.15) is 17.0 Å². The molecule has 200 valence electrons. The second-order valence-electron chi connectivity index (χ2n) is 8.69. The fourth-order valence-electron chi connectivity index (χ4n) is 3.22. The molecule has 0 aliphatic heterocycles. The second kappa shape index (κ2) is 21.2. The van der Waals surface area contributed by atoms with Crippen LogP contribution in [-0.4, -0.2) is 84.7 Å². The van der Waals surface area contributed by atoms with E-state index < -0.39 is 17.1 Å². The van der Waals surface area contributed by atoms with Gasteiger partial charge in [-0.25, -0.2) is 9.34 Å². The number of aliphatic imine (C=N–C) groups is 1. The van der Waals surface area contributed by atoms with E-state index in [9.17, 15) is 0 Å². The van der Waals surface area contributed by atoms with Gasteiger partial charge >= 0.3 is 0 Å². The molecule has 0 spiro atoms. The smallest absolute Gasteiger partial charge is 0.259 e. The third-order valence-corrected chi connectivity index (χ3v) is 9.53. The Kier molecular flexibility index (Phi) is 21.3. The Balaban J connectivity index is 4.58. The summed E-state index contributed by atoms with van der Waals surface area (Å²) in [5, 5.41) is 8.83. The van der Waals surface area contributed by atoms with E-state index in [0.29, 0.717) is 57.0 Å². The topological polar surface area (TPSA) is 79.5 Å². The summed E-state index contributed by atoms with van der Waals surface area (Å²) >= 11 is 1.80. The molecule has 0 fully saturated rings. The zero-order valence-corrected chi connectivity index (χ0v) is 25.4. The molecule has 2 atom stereocenters. The first-order chi connectivity index (χ1) is 16.2. The molecule has 0 aromatic rings. The minimum absolute atomic E-state index is 0.307. The first-order valence-corrected chi connectivity index (χ1v) is 15.6. The van der Waals surface area contributed by atoms with E-state index in [4.69, 9.17) is 23.4 Å². The summed E-state index contributed by atoms with van der Waals surface area (Å²) in [4.78, 5) is 4.02. The van der Waals surface area contributed by atoms with Gasteiger partial charge in [-0.15, -0.1) is 0 Å². The van der Waals surface area contributed by atoms with Gasteiger partial charge in [-0.05, 0) is 55.4 Å². The molecular weight excluding hydrogens is 490 g/mol. The number of hydrogen-bond donors (Lipinski definition) is 0. The fourth-order valence-corrected chi connectivity index (χ4v) is 7.27. The lowest BCUT2D eigenvalue weighted by Crippen LogP contribution is -2.34. The van der Waals surface area contributed by atoms with Crippen LogP contribution in [0.25, 0.3) is 0 Å². The lowest BCUT2D eigenvalue weighted by atomic mass is 10.3. The molecule has 0 aliphatic rings. The molecule has 0 aromatic heterocycles. The third kappa shape index (κ3) is 15.3. The van der Waals surface area contributed by atoms with Crippen LogP contribution in [-0.2, 0) is 18.1 Å². The molecule has 0 heterocycles. The van der Waals surface area contributed by atoms with Crippen molar-refractivity contribution in [3.05, 3.63) is 0 Å². The highest BCUT2D eigenvalue weighted by molar-refractivity contribution is 7.99. The number of rotatable bonds is 21. The van der Waals surface area contributed by atoms with E-state index in [1.54, 1.807) is 18.8 Å². The minimum atomic E-state index is -1.18. The first-order valence-electron chi connectivity index (χ1n) is 12.2. The first kappa shape index (κ1) is 34.1. The Labute approximate surface area is 216 Å². The van der Waals surface area contributed by atoms with Crippen LogP contribution >= 0.6 is 28.8 Å². The van der Waals surface area contributed by atoms with Crippen molar-refractivity contribution in [3.8, 4) is 6.07 Å². The van der Waals surface area contributed by atoms with Gasteiger partial charge < -0.3 is 23.1 Å². The highest BCUT2D eigenvalue weighted by Gasteiger charge is 2.28. The van der Waals surface area contributed by atoms with Gasteiger partial charge in [0.25, 0.3) is 17.1 Å². The Morgan fingerprint density at radius 2 is 1.18 bits per heavy atom. The quantitative estimate of drug-likeness (QED) is 0.0933. The molecule has 0 N–H and O–H groups in total. The average molecular weight is 539 g/mol. The fraction of sp³-hybridized carbons (Fsp3) is 0.913. The highest BCUT2D eigenvalue weighted by Crippen LogP contribution is 2.47. The van der Waals surface area contributed by atoms with Gasteiger partial charge in [-0.1, -0.05) is 0 Å². The van der Waals surface area contributed by atoms with Crippen molar-refractivity contribution in [2.24, 2.45) is 4.99 Å². The highest BCUT2D eigenvalue weighted by atomic mass is 32.2. The normalized spacial score (nSPS) is 14.4. The van der Waals surface area contributed by atoms with Crippen LogP contribution in [0.2, 0.25) is 0 Å². The predicted molar refractivity (Wildman–Crippen MR) is 148 cm³/mol. The molecule has 0 rings (SSSR count). The summed E-state index contributed by atoms with van der Waals surface area (Å²) in [6.07, 6.45) is 3.04. The summed E-state index contributed by atoms with van der Waals surface area (Å²) in [6.45, 7) is 19.5. The summed E-state index contributed by atoms with van der Waals surface area (Å²) in [5.41, 5.74) is 0. The summed E-state index contributed by atoms with van der Waals surface area (Å²) in [5.74, 6) is 1.73. The van der Waals surface area contributed by atoms with Crippen molar-refractivity contribution in [2.75, 3.05) is 45.0 Å². The van der Waals surface area contributed by atoms with E-state index in [2.05, 4.69) is 75.8 Å². The molecule has 0 aliphatic carbocycles. The molecule has 0 radical (unpaired) electrons. The van der Waals surface area contributed by atoms with Crippen LogP contribution in [0.5, 0.6) is 0 Å². The van der Waals surface area contributed by atoms with E-state index in [-0.39, 0.29) is 0 Å². The van der Waals surface area contributed by atoms with Gasteiger partial charge in [-0.3, -0.25) is 0 Å². The molecule has 8 nitrogen and oxygen atoms in total. The maximum Gasteiger partial charge on any atom is 0.259 e. The van der Waals surface area contributed by atoms with Crippen molar-refractivity contribution in [1.82, 2.24) is 9.34 Å². The maximum atomic E-state index is 8.83. The Morgan fingerprint density at radius 1 is 0.765 bits per heavy atom. The largest absolute Gasteiger partial charge is 0.322 e. The molecule has 0 saturated heterocycles. The number of thioether (sulfide) groups is 1. The molecule has 2 unspecified atom stereocenters. The Bertz CT molecular complexity index is 550. The molecular formula is C23H48N4O4P2S. The summed E-state index contributed by atoms with van der Waals surface area (Å²) < 4.78 is 28.9. The Morgan fingerprint density at radius 3 is 1.56 bits per heavy atom. The molecule has 0 amide bonds. The summed E-state index contributed by atoms with van der Waals surface area (Å²) in [6, 6.07) is 3.44. The predicted octanol–water partition coefficient (Wildman–Crippen LogP) is 6.48. The van der Waals surface area contributed by atoms with Gasteiger partial charge in [0.05, 0.1) is 38.9 Å². The van der Waals surface area contributed by atoms with Crippen LogP contribution in [0.3, 0.4) is 0 Å². The monoisotopic (exact) mass is 538 g/mol. The van der Waals surface area contributed by atoms with Crippen molar-refractivity contribution in [2.45, 2.75) is 92.4 Å². The van der Waals surface area contributed by atoms with Crippen molar-refractivity contribution >= 4 is 35.0 Å². The molecule has 0 aromatic carbocycles. The van der Waals surface area contributed by atoms with Crippen LogP contribution in [0, 0.1) is 11.3 Å². The van der Waals surface area contributed by atoms with Gasteiger partial charge in [0.2, 0.25) is 0 Å². The Hall–Kier alpha value is 0.130. The van der Waals surface area contributed by atoms with E-state index in [1.807, 2.05) is 6.21 Å². The lowest BCUT2D eigenvalue weighted by Gasteiger charge is -2.35. The average Bonchev–Trinajstić information content (AvgIpc) is 2.74. The van der Waals surface area contributed by atoms with Crippen LogP contribution < -0.4 is 0 Å². The van der Waals surface area contributed by atoms with E-state index in [0.717, 1.165) is 17.9 Å². The molecule has 11 heteroatoms. The summed E-state index contributed by atoms with van der Waals surface area (Å²) in [7, 11) is -0.511. The zero-order valence-electron chi connectivity index (χ0n) is 22.8. The van der Waals surface area contributed by atoms with Crippen LogP contribution in [0.1, 0.15) is 68.2 Å². The van der Waals surface area contributed by atoms with Gasteiger partial charge in [0.15, 0.2) is 0 Å². The van der Waals surface area contributed by atoms with Gasteiger partial charge in [0.1, 0.15) is 0 Å². The van der Waals surface area contributed by atoms with Crippen LogP contribution in [0.15, 0.2) is 4.99 Å². The molecule has 0 bridgehead atoms. The van der Waals surface area contributed by atoms with Crippen molar-refractivity contribution in [1.29, 1.82) is 5.26 Å². The molecule has 34 heavy (non-hydrogen) atoms. The standard InChI is InChI=1S/C23H48N4O4P2S/c1-20(2)26(21(3)4)32(28-14-10-12-24)30-16-18-34-19-17-31-33(29-15-11-13-25-9)27(22(5)6)23(7)8/h13,20-23H,10-11,14-19H2,1-9H3/b25-13+. The minimum Gasteiger partial charge on any atom is -0.322 e. The third-order valence-electron chi connectivity index (χ3n) is 4.40. The SMILES string of the molecule is C/N=C/CCOP(OCCSCCOP(OCCC#N)N(C(C)C)C(C)C)N(C(C)C)C(C)C. The van der Waals surface area contributed by atoms with E-state index >= 15 is 0 Å². The number of hydrogen-bond acceptors (Lipinski definition) is 9. The number of nitrogens with zero attached hydrogens (tertiary/aromatic N) is 4. The van der Waals surface area contributed by atoms with Gasteiger partial charge in [0, 0.05) is 55.4 Å². The second-order valence-corrected chi connectivity index (χ2v) is 12.8. The van der Waals surface area contributed by atoms with Crippen molar-refractivity contribution in [3.63, 3.8) is 0 Å². The number of nitriles is 1. The van der Waals surface area contributed by atoms with Crippen molar-refractivity contribution < 1.29 is 18.1 Å².